The Morgan fingerprint density at radius 2 is 2.12 bits per heavy atom. The van der Waals surface area contributed by atoms with E-state index >= 15 is 0 Å². The van der Waals surface area contributed by atoms with Gasteiger partial charge in [0, 0.05) is 12.3 Å². The van der Waals surface area contributed by atoms with Crippen molar-refractivity contribution in [2.45, 2.75) is 0 Å². The van der Waals surface area contributed by atoms with Gasteiger partial charge in [-0.15, -0.1) is 0 Å². The first kappa shape index (κ1) is 10.9. The van der Waals surface area contributed by atoms with Crippen molar-refractivity contribution in [3.8, 4) is 17.6 Å². The molecule has 0 unspecified atom stereocenters. The fourth-order valence-electron chi connectivity index (χ4n) is 1.30. The number of hydrogen-bond donors (Lipinski definition) is 1. The normalized spacial score (nSPS) is 9.65. The first-order chi connectivity index (χ1) is 8.22. The molecule has 17 heavy (non-hydrogen) atoms. The van der Waals surface area contributed by atoms with E-state index < -0.39 is 5.82 Å². The Morgan fingerprint density at radius 1 is 1.29 bits per heavy atom. The molecule has 5 heteroatoms. The Kier molecular flexibility index (Phi) is 2.88. The number of nitrogen functional groups attached to an aromatic ring is 1. The molecule has 1 heterocycles. The highest BCUT2D eigenvalue weighted by Gasteiger charge is 2.10. The van der Waals surface area contributed by atoms with Gasteiger partial charge in [0.1, 0.15) is 23.2 Å². The van der Waals surface area contributed by atoms with Gasteiger partial charge in [0.2, 0.25) is 0 Å². The van der Waals surface area contributed by atoms with E-state index in [4.69, 9.17) is 15.7 Å². The SMILES string of the molecule is N#Cc1c(F)cccc1Oc1ccncc1N. The third-order valence-corrected chi connectivity index (χ3v) is 2.12. The van der Waals surface area contributed by atoms with Crippen LogP contribution in [-0.4, -0.2) is 4.98 Å². The second kappa shape index (κ2) is 4.49. The summed E-state index contributed by atoms with van der Waals surface area (Å²) in [6.07, 6.45) is 2.91. The topological polar surface area (TPSA) is 71.9 Å². The van der Waals surface area contributed by atoms with E-state index in [1.165, 1.54) is 30.6 Å². The van der Waals surface area contributed by atoms with Crippen molar-refractivity contribution < 1.29 is 9.13 Å². The summed E-state index contributed by atoms with van der Waals surface area (Å²) in [5, 5.41) is 8.83. The van der Waals surface area contributed by atoms with Crippen molar-refractivity contribution in [2.75, 3.05) is 5.73 Å². The van der Waals surface area contributed by atoms with Crippen LogP contribution in [0.15, 0.2) is 36.7 Å². The number of pyridine rings is 1. The van der Waals surface area contributed by atoms with Gasteiger partial charge in [-0.3, -0.25) is 4.98 Å². The Balaban J connectivity index is 2.41. The molecule has 2 aromatic rings. The third-order valence-electron chi connectivity index (χ3n) is 2.12. The fraction of sp³-hybridized carbons (Fsp3) is 0. The molecule has 1 aromatic carbocycles. The van der Waals surface area contributed by atoms with E-state index in [2.05, 4.69) is 4.98 Å². The highest BCUT2D eigenvalue weighted by atomic mass is 19.1. The number of anilines is 1. The van der Waals surface area contributed by atoms with E-state index in [0.29, 0.717) is 11.4 Å². The van der Waals surface area contributed by atoms with E-state index in [1.807, 2.05) is 0 Å². The lowest BCUT2D eigenvalue weighted by Crippen LogP contribution is -1.95. The molecular weight excluding hydrogens is 221 g/mol. The number of ether oxygens (including phenoxy) is 1. The summed E-state index contributed by atoms with van der Waals surface area (Å²) in [6, 6.07) is 7.45. The number of rotatable bonds is 2. The highest BCUT2D eigenvalue weighted by molar-refractivity contribution is 5.54. The van der Waals surface area contributed by atoms with Crippen molar-refractivity contribution in [1.29, 1.82) is 5.26 Å². The maximum absolute atomic E-state index is 13.3. The average molecular weight is 229 g/mol. The molecule has 84 valence electrons. The summed E-state index contributed by atoms with van der Waals surface area (Å²) in [6.45, 7) is 0. The molecular formula is C12H8FN3O. The first-order valence-electron chi connectivity index (χ1n) is 4.78. The van der Waals surface area contributed by atoms with Gasteiger partial charge >= 0.3 is 0 Å². The van der Waals surface area contributed by atoms with Gasteiger partial charge in [0.05, 0.1) is 11.9 Å². The minimum atomic E-state index is -0.627. The molecule has 0 saturated heterocycles. The predicted octanol–water partition coefficient (Wildman–Crippen LogP) is 2.47. The summed E-state index contributed by atoms with van der Waals surface area (Å²) >= 11 is 0. The van der Waals surface area contributed by atoms with Crippen LogP contribution in [0.3, 0.4) is 0 Å². The Bertz CT molecular complexity index is 593. The molecule has 4 nitrogen and oxygen atoms in total. The van der Waals surface area contributed by atoms with Crippen molar-refractivity contribution in [1.82, 2.24) is 4.98 Å². The van der Waals surface area contributed by atoms with Gasteiger partial charge in [-0.05, 0) is 12.1 Å². The van der Waals surface area contributed by atoms with Gasteiger partial charge in [-0.2, -0.15) is 5.26 Å². The number of nitrogens with two attached hydrogens (primary N) is 1. The number of nitrogens with zero attached hydrogens (tertiary/aromatic N) is 2. The molecule has 2 N–H and O–H groups in total. The number of nitriles is 1. The monoisotopic (exact) mass is 229 g/mol. The molecule has 0 aliphatic rings. The molecule has 0 aliphatic carbocycles. The maximum atomic E-state index is 13.3. The van der Waals surface area contributed by atoms with Crippen LogP contribution in [0.2, 0.25) is 0 Å². The van der Waals surface area contributed by atoms with E-state index in [-0.39, 0.29) is 11.3 Å². The maximum Gasteiger partial charge on any atom is 0.153 e. The van der Waals surface area contributed by atoms with Crippen LogP contribution in [-0.2, 0) is 0 Å². The molecule has 1 aromatic heterocycles. The lowest BCUT2D eigenvalue weighted by molar-refractivity contribution is 0.476. The first-order valence-corrected chi connectivity index (χ1v) is 4.78. The van der Waals surface area contributed by atoms with Crippen LogP contribution in [0.5, 0.6) is 11.5 Å². The minimum Gasteiger partial charge on any atom is -0.454 e. The van der Waals surface area contributed by atoms with Gasteiger partial charge in [-0.1, -0.05) is 6.07 Å². The van der Waals surface area contributed by atoms with Crippen molar-refractivity contribution >= 4 is 5.69 Å². The zero-order valence-corrected chi connectivity index (χ0v) is 8.72. The van der Waals surface area contributed by atoms with E-state index in [9.17, 15) is 4.39 Å². The largest absolute Gasteiger partial charge is 0.454 e. The average Bonchev–Trinajstić information content (AvgIpc) is 2.32. The molecule has 0 fully saturated rings. The van der Waals surface area contributed by atoms with Crippen LogP contribution >= 0.6 is 0 Å². The second-order valence-corrected chi connectivity index (χ2v) is 3.24. The molecule has 0 amide bonds. The summed E-state index contributed by atoms with van der Waals surface area (Å²) in [5.74, 6) is -0.162. The van der Waals surface area contributed by atoms with Crippen LogP contribution in [0.25, 0.3) is 0 Å². The summed E-state index contributed by atoms with van der Waals surface area (Å²) in [7, 11) is 0. The van der Waals surface area contributed by atoms with Crippen LogP contribution in [0, 0.1) is 17.1 Å². The fourth-order valence-corrected chi connectivity index (χ4v) is 1.30. The zero-order chi connectivity index (χ0) is 12.3. The molecule has 0 radical (unpaired) electrons. The molecule has 0 atom stereocenters. The van der Waals surface area contributed by atoms with Crippen molar-refractivity contribution in [3.63, 3.8) is 0 Å². The number of benzene rings is 1. The summed E-state index contributed by atoms with van der Waals surface area (Å²) in [4.78, 5) is 3.80. The standard InChI is InChI=1S/C12H8FN3O/c13-9-2-1-3-11(8(9)6-14)17-12-4-5-16-7-10(12)15/h1-5,7H,15H2. The Morgan fingerprint density at radius 3 is 2.82 bits per heavy atom. The summed E-state index contributed by atoms with van der Waals surface area (Å²) < 4.78 is 18.7. The summed E-state index contributed by atoms with van der Waals surface area (Å²) in [5.41, 5.74) is 5.80. The van der Waals surface area contributed by atoms with Crippen molar-refractivity contribution in [2.24, 2.45) is 0 Å². The Hall–Kier alpha value is -2.61. The van der Waals surface area contributed by atoms with Crippen LogP contribution in [0.1, 0.15) is 5.56 Å². The van der Waals surface area contributed by atoms with Gasteiger partial charge in [-0.25, -0.2) is 4.39 Å². The smallest absolute Gasteiger partial charge is 0.153 e. The third kappa shape index (κ3) is 2.16. The number of aromatic nitrogens is 1. The molecule has 2 rings (SSSR count). The number of halogens is 1. The second-order valence-electron chi connectivity index (χ2n) is 3.24. The van der Waals surface area contributed by atoms with E-state index in [0.717, 1.165) is 0 Å². The lowest BCUT2D eigenvalue weighted by atomic mass is 10.2. The molecule has 0 bridgehead atoms. The van der Waals surface area contributed by atoms with Gasteiger partial charge < -0.3 is 10.5 Å². The van der Waals surface area contributed by atoms with Gasteiger partial charge in [0.25, 0.3) is 0 Å². The molecule has 0 spiro atoms. The van der Waals surface area contributed by atoms with Crippen LogP contribution in [0.4, 0.5) is 10.1 Å². The van der Waals surface area contributed by atoms with Crippen LogP contribution < -0.4 is 10.5 Å². The Labute approximate surface area is 97.1 Å². The molecule has 0 aliphatic heterocycles. The lowest BCUT2D eigenvalue weighted by Gasteiger charge is -2.09. The highest BCUT2D eigenvalue weighted by Crippen LogP contribution is 2.29. The minimum absolute atomic E-state index is 0.130. The predicted molar refractivity (Wildman–Crippen MR) is 59.8 cm³/mol. The quantitative estimate of drug-likeness (QED) is 0.858. The van der Waals surface area contributed by atoms with E-state index in [1.54, 1.807) is 12.1 Å². The van der Waals surface area contributed by atoms with Crippen molar-refractivity contribution in [3.05, 3.63) is 48.0 Å². The zero-order valence-electron chi connectivity index (χ0n) is 8.72. The van der Waals surface area contributed by atoms with Gasteiger partial charge in [0.15, 0.2) is 5.75 Å². The number of hydrogen-bond acceptors (Lipinski definition) is 4. The molecule has 0 saturated carbocycles.